The van der Waals surface area contributed by atoms with Crippen LogP contribution < -0.4 is 0 Å². The van der Waals surface area contributed by atoms with Gasteiger partial charge in [-0.2, -0.15) is 0 Å². The number of allylic oxidation sites excluding steroid dienone is 2. The normalized spacial score (nSPS) is 12.7. The molecule has 6 rings (SSSR count). The van der Waals surface area contributed by atoms with Gasteiger partial charge in [-0.15, -0.1) is 51.8 Å². The number of aliphatic hydroxyl groups is 1. The predicted molar refractivity (Wildman–Crippen MR) is 209 cm³/mol. The Morgan fingerprint density at radius 2 is 1.47 bits per heavy atom. The van der Waals surface area contributed by atoms with Crippen LogP contribution in [0.2, 0.25) is 0 Å². The van der Waals surface area contributed by atoms with E-state index in [1.165, 1.54) is 42.1 Å². The molecule has 0 spiro atoms. The number of ketones is 1. The largest absolute Gasteiger partial charge is 0.512 e. The average molecular weight is 870 g/mol. The molecule has 3 aromatic heterocycles. The molecule has 6 aromatic rings. The second-order valence-electron chi connectivity index (χ2n) is 14.5. The third-order valence-electron chi connectivity index (χ3n) is 10.5. The summed E-state index contributed by atoms with van der Waals surface area (Å²) in [6.07, 6.45) is 6.46. The number of aryl methyl sites for hydroxylation is 1. The number of fused-ring (bicyclic) bond motifs is 6. The SMILES string of the molecule is CCC(C)(CC)C(=O)/C=C(\O)C(C)(CC)CC.Cc1cc2c(ccc3c4ncnc(-c5[c-]c6ccccc6c(C(C)(C)C)c5)c4sc23)s1.[Ir]. The molecule has 0 saturated carbocycles. The number of aromatic nitrogens is 2. The van der Waals surface area contributed by atoms with Crippen LogP contribution in [-0.2, 0) is 30.3 Å². The third kappa shape index (κ3) is 7.56. The van der Waals surface area contributed by atoms with Crippen molar-refractivity contribution >= 4 is 69.6 Å². The average Bonchev–Trinajstić information content (AvgIpc) is 3.66. The van der Waals surface area contributed by atoms with Crippen molar-refractivity contribution in [2.24, 2.45) is 10.8 Å². The Morgan fingerprint density at radius 1 is 0.816 bits per heavy atom. The van der Waals surface area contributed by atoms with Crippen molar-refractivity contribution in [3.8, 4) is 11.3 Å². The van der Waals surface area contributed by atoms with Gasteiger partial charge in [-0.1, -0.05) is 91.5 Å². The molecule has 0 fully saturated rings. The van der Waals surface area contributed by atoms with Crippen LogP contribution in [0.4, 0.5) is 0 Å². The molecular weight excluding hydrogens is 821 g/mol. The van der Waals surface area contributed by atoms with Gasteiger partial charge in [0.25, 0.3) is 0 Å². The Kier molecular flexibility index (Phi) is 12.0. The fourth-order valence-electron chi connectivity index (χ4n) is 6.13. The number of carbonyl (C=O) groups excluding carboxylic acids is 1. The predicted octanol–water partition coefficient (Wildman–Crippen LogP) is 12.9. The molecule has 3 aromatic carbocycles. The fourth-order valence-corrected chi connectivity index (χ4v) is 8.40. The zero-order valence-electron chi connectivity index (χ0n) is 30.5. The van der Waals surface area contributed by atoms with E-state index in [0.717, 1.165) is 52.5 Å². The minimum atomic E-state index is -0.337. The Bertz CT molecular complexity index is 2140. The molecular formula is C42H49IrN2O2S2-. The topological polar surface area (TPSA) is 63.1 Å². The van der Waals surface area contributed by atoms with E-state index in [0.29, 0.717) is 0 Å². The molecule has 0 bridgehead atoms. The number of aliphatic hydroxyl groups excluding tert-OH is 1. The van der Waals surface area contributed by atoms with E-state index in [1.807, 2.05) is 52.9 Å². The number of hydrogen-bond acceptors (Lipinski definition) is 6. The van der Waals surface area contributed by atoms with E-state index >= 15 is 0 Å². The van der Waals surface area contributed by atoms with Crippen molar-refractivity contribution in [3.05, 3.63) is 83.2 Å². The molecule has 0 unspecified atom stereocenters. The van der Waals surface area contributed by atoms with Crippen molar-refractivity contribution in [3.63, 3.8) is 0 Å². The Hall–Kier alpha value is -2.96. The minimum Gasteiger partial charge on any atom is -0.512 e. The minimum absolute atomic E-state index is 0. The van der Waals surface area contributed by atoms with Crippen LogP contribution in [0.15, 0.2) is 66.7 Å². The van der Waals surface area contributed by atoms with Gasteiger partial charge in [0.2, 0.25) is 0 Å². The first kappa shape index (κ1) is 38.8. The van der Waals surface area contributed by atoms with Crippen LogP contribution in [0.3, 0.4) is 0 Å². The van der Waals surface area contributed by atoms with Gasteiger partial charge < -0.3 is 5.11 Å². The van der Waals surface area contributed by atoms with Gasteiger partial charge >= 0.3 is 0 Å². The van der Waals surface area contributed by atoms with E-state index in [1.54, 1.807) is 17.7 Å². The summed E-state index contributed by atoms with van der Waals surface area (Å²) in [5.74, 6) is 0.286. The zero-order valence-corrected chi connectivity index (χ0v) is 34.5. The summed E-state index contributed by atoms with van der Waals surface area (Å²) in [5, 5.41) is 15.1. The summed E-state index contributed by atoms with van der Waals surface area (Å²) >= 11 is 3.65. The molecule has 1 radical (unpaired) electrons. The molecule has 1 N–H and O–H groups in total. The Balaban J connectivity index is 0.000000260. The van der Waals surface area contributed by atoms with Crippen molar-refractivity contribution in [1.29, 1.82) is 0 Å². The number of nitrogens with zero attached hydrogens (tertiary/aromatic N) is 2. The van der Waals surface area contributed by atoms with Crippen LogP contribution >= 0.6 is 22.7 Å². The Morgan fingerprint density at radius 3 is 2.10 bits per heavy atom. The number of thiophene rings is 2. The van der Waals surface area contributed by atoms with Crippen LogP contribution in [0, 0.1) is 23.8 Å². The first-order valence-corrected chi connectivity index (χ1v) is 18.8. The van der Waals surface area contributed by atoms with Crippen molar-refractivity contribution in [2.75, 3.05) is 0 Å². The standard InChI is InChI=1S/C27H21N2S2.C15H28O2.Ir/c1-15-11-20-22(30-15)10-9-19-24-26(31-25(19)20)23(28-14-29-24)17-12-16-7-5-6-8-18(16)21(13-17)27(2,3)4;1-7-14(5,8-2)12(16)11-13(17)15(6,9-3)10-4;/h5-11,13-14H,1-4H3;11,16H,7-10H2,1-6H3;/q-1;;/b;12-11-;. The summed E-state index contributed by atoms with van der Waals surface area (Å²) in [7, 11) is 0. The molecule has 0 saturated heterocycles. The van der Waals surface area contributed by atoms with Crippen LogP contribution in [0.5, 0.6) is 0 Å². The smallest absolute Gasteiger partial charge is 0.164 e. The van der Waals surface area contributed by atoms with Crippen molar-refractivity contribution in [2.45, 2.75) is 100 Å². The molecule has 0 aliphatic rings. The van der Waals surface area contributed by atoms with E-state index in [2.05, 4.69) is 82.3 Å². The quantitative estimate of drug-likeness (QED) is 0.0940. The maximum absolute atomic E-state index is 12.2. The van der Waals surface area contributed by atoms with E-state index in [4.69, 9.17) is 9.97 Å². The summed E-state index contributed by atoms with van der Waals surface area (Å²) in [6.45, 7) is 21.1. The number of carbonyl (C=O) groups is 1. The van der Waals surface area contributed by atoms with Crippen LogP contribution in [-0.4, -0.2) is 20.9 Å². The molecule has 7 heteroatoms. The van der Waals surface area contributed by atoms with Gasteiger partial charge in [0.15, 0.2) is 5.78 Å². The van der Waals surface area contributed by atoms with Gasteiger partial charge in [0, 0.05) is 72.5 Å². The number of rotatable bonds is 8. The maximum Gasteiger partial charge on any atom is 0.164 e. The van der Waals surface area contributed by atoms with Crippen molar-refractivity contribution in [1.82, 2.24) is 9.97 Å². The van der Waals surface area contributed by atoms with Gasteiger partial charge in [-0.3, -0.25) is 9.78 Å². The van der Waals surface area contributed by atoms with Crippen molar-refractivity contribution < 1.29 is 30.0 Å². The molecule has 4 nitrogen and oxygen atoms in total. The molecule has 3 heterocycles. The zero-order chi connectivity index (χ0) is 35.0. The summed E-state index contributed by atoms with van der Waals surface area (Å²) in [6, 6.07) is 21.2. The first-order valence-electron chi connectivity index (χ1n) is 17.2. The summed E-state index contributed by atoms with van der Waals surface area (Å²) < 4.78 is 3.77. The van der Waals surface area contributed by atoms with Gasteiger partial charge in [-0.25, -0.2) is 4.98 Å². The molecule has 0 amide bonds. The van der Waals surface area contributed by atoms with Crippen LogP contribution in [0.25, 0.3) is 52.4 Å². The summed E-state index contributed by atoms with van der Waals surface area (Å²) in [4.78, 5) is 23.0. The summed E-state index contributed by atoms with van der Waals surface area (Å²) in [5.41, 5.74) is 3.79. The molecule has 261 valence electrons. The molecule has 0 aliphatic carbocycles. The van der Waals surface area contributed by atoms with E-state index in [9.17, 15) is 9.90 Å². The number of hydrogen-bond donors (Lipinski definition) is 1. The molecule has 0 atom stereocenters. The van der Waals surface area contributed by atoms with Crippen LogP contribution in [0.1, 0.15) is 98.4 Å². The fraction of sp³-hybridized carbons (Fsp3) is 0.405. The Labute approximate surface area is 313 Å². The van der Waals surface area contributed by atoms with E-state index in [-0.39, 0.29) is 47.9 Å². The monoisotopic (exact) mass is 870 g/mol. The van der Waals surface area contributed by atoms with Gasteiger partial charge in [0.05, 0.1) is 5.52 Å². The second-order valence-corrected chi connectivity index (χ2v) is 16.8. The van der Waals surface area contributed by atoms with Gasteiger partial charge in [0.1, 0.15) is 12.1 Å². The van der Waals surface area contributed by atoms with E-state index < -0.39 is 0 Å². The molecule has 0 aliphatic heterocycles. The number of benzene rings is 3. The molecule has 49 heavy (non-hydrogen) atoms. The maximum atomic E-state index is 12.2. The third-order valence-corrected chi connectivity index (χ3v) is 12.7. The van der Waals surface area contributed by atoms with Gasteiger partial charge in [-0.05, 0) is 56.2 Å². The second kappa shape index (κ2) is 15.1. The first-order chi connectivity index (χ1) is 22.7.